The van der Waals surface area contributed by atoms with Crippen molar-refractivity contribution in [2.24, 2.45) is 0 Å². The summed E-state index contributed by atoms with van der Waals surface area (Å²) in [4.78, 5) is 13.3. The minimum Gasteiger partial charge on any atom is -0.395 e. The molecule has 0 radical (unpaired) electrons. The fourth-order valence-corrected chi connectivity index (χ4v) is 3.15. The van der Waals surface area contributed by atoms with Gasteiger partial charge in [0.2, 0.25) is 5.91 Å². The number of aliphatic hydroxyl groups is 1. The first kappa shape index (κ1) is 11.8. The van der Waals surface area contributed by atoms with Gasteiger partial charge in [0.15, 0.2) is 0 Å². The van der Waals surface area contributed by atoms with Crippen molar-refractivity contribution < 1.29 is 9.90 Å². The summed E-state index contributed by atoms with van der Waals surface area (Å²) in [7, 11) is 0. The van der Waals surface area contributed by atoms with Crippen molar-refractivity contribution in [1.29, 1.82) is 0 Å². The fraction of sp³-hybridized carbons (Fsp3) is 0.364. The third kappa shape index (κ3) is 2.34. The quantitative estimate of drug-likeness (QED) is 0.899. The number of halogens is 1. The maximum atomic E-state index is 11.6. The first-order valence-corrected chi connectivity index (χ1v) is 6.42. The van der Waals surface area contributed by atoms with Crippen molar-refractivity contribution in [2.45, 2.75) is 5.37 Å². The van der Waals surface area contributed by atoms with Crippen LogP contribution in [-0.4, -0.2) is 34.8 Å². The number of hydrogen-bond donors (Lipinski definition) is 1. The zero-order chi connectivity index (χ0) is 11.5. The van der Waals surface area contributed by atoms with Crippen LogP contribution in [-0.2, 0) is 4.79 Å². The molecule has 1 unspecified atom stereocenters. The summed E-state index contributed by atoms with van der Waals surface area (Å²) >= 11 is 7.49. The highest BCUT2D eigenvalue weighted by Crippen LogP contribution is 2.38. The molecule has 1 aliphatic rings. The topological polar surface area (TPSA) is 40.5 Å². The van der Waals surface area contributed by atoms with Gasteiger partial charge < -0.3 is 10.0 Å². The Labute approximate surface area is 103 Å². The van der Waals surface area contributed by atoms with Gasteiger partial charge in [-0.1, -0.05) is 23.7 Å². The van der Waals surface area contributed by atoms with Crippen LogP contribution >= 0.6 is 23.4 Å². The number of thioether (sulfide) groups is 1. The first-order chi connectivity index (χ1) is 7.72. The van der Waals surface area contributed by atoms with E-state index < -0.39 is 0 Å². The number of rotatable bonds is 3. The van der Waals surface area contributed by atoms with Gasteiger partial charge >= 0.3 is 0 Å². The van der Waals surface area contributed by atoms with Crippen LogP contribution < -0.4 is 0 Å². The van der Waals surface area contributed by atoms with Crippen molar-refractivity contribution in [3.63, 3.8) is 0 Å². The molecular formula is C11H12ClNO2S. The monoisotopic (exact) mass is 257 g/mol. The van der Waals surface area contributed by atoms with Gasteiger partial charge in [-0.15, -0.1) is 11.8 Å². The van der Waals surface area contributed by atoms with Gasteiger partial charge in [-0.2, -0.15) is 0 Å². The van der Waals surface area contributed by atoms with Gasteiger partial charge in [-0.05, 0) is 17.7 Å². The van der Waals surface area contributed by atoms with Crippen LogP contribution in [0.3, 0.4) is 0 Å². The largest absolute Gasteiger partial charge is 0.395 e. The van der Waals surface area contributed by atoms with E-state index in [0.29, 0.717) is 17.3 Å². The summed E-state index contributed by atoms with van der Waals surface area (Å²) in [5, 5.41) is 9.59. The van der Waals surface area contributed by atoms with Crippen LogP contribution in [0.4, 0.5) is 0 Å². The van der Waals surface area contributed by atoms with Crippen LogP contribution in [0.25, 0.3) is 0 Å². The van der Waals surface area contributed by atoms with E-state index in [4.69, 9.17) is 16.7 Å². The number of β-amino-alcohol motifs (C(OH)–C–C–N with tert-alkyl or cyclic N) is 1. The Morgan fingerprint density at radius 3 is 3.06 bits per heavy atom. The molecule has 2 rings (SSSR count). The number of amides is 1. The third-order valence-electron chi connectivity index (χ3n) is 2.44. The van der Waals surface area contributed by atoms with Crippen LogP contribution in [0.2, 0.25) is 5.02 Å². The second kappa shape index (κ2) is 5.08. The van der Waals surface area contributed by atoms with Crippen molar-refractivity contribution in [3.8, 4) is 0 Å². The molecule has 86 valence electrons. The molecular weight excluding hydrogens is 246 g/mol. The highest BCUT2D eigenvalue weighted by atomic mass is 35.5. The van der Waals surface area contributed by atoms with Crippen molar-refractivity contribution in [3.05, 3.63) is 34.9 Å². The maximum Gasteiger partial charge on any atom is 0.233 e. The van der Waals surface area contributed by atoms with Crippen LogP contribution in [0.1, 0.15) is 10.9 Å². The molecule has 1 aromatic carbocycles. The number of carbonyl (C=O) groups excluding carboxylic acids is 1. The van der Waals surface area contributed by atoms with Crippen LogP contribution in [0.5, 0.6) is 0 Å². The molecule has 0 aliphatic carbocycles. The van der Waals surface area contributed by atoms with E-state index in [1.165, 1.54) is 0 Å². The molecule has 1 fully saturated rings. The highest BCUT2D eigenvalue weighted by molar-refractivity contribution is 8.00. The molecule has 0 aromatic heterocycles. The summed E-state index contributed by atoms with van der Waals surface area (Å²) in [6, 6.07) is 7.50. The highest BCUT2D eigenvalue weighted by Gasteiger charge is 2.32. The molecule has 1 aliphatic heterocycles. The Morgan fingerprint density at radius 2 is 2.38 bits per heavy atom. The third-order valence-corrected chi connectivity index (χ3v) is 3.93. The van der Waals surface area contributed by atoms with Gasteiger partial charge in [0.25, 0.3) is 0 Å². The summed E-state index contributed by atoms with van der Waals surface area (Å²) < 4.78 is 0. The molecule has 5 heteroatoms. The Bertz CT molecular complexity index is 399. The first-order valence-electron chi connectivity index (χ1n) is 5.00. The Kier molecular flexibility index (Phi) is 3.74. The number of nitrogens with zero attached hydrogens (tertiary/aromatic N) is 1. The summed E-state index contributed by atoms with van der Waals surface area (Å²) in [6.45, 7) is 0.367. The molecule has 1 N–H and O–H groups in total. The van der Waals surface area contributed by atoms with Crippen LogP contribution in [0.15, 0.2) is 24.3 Å². The molecule has 0 bridgehead atoms. The van der Waals surface area contributed by atoms with E-state index in [0.717, 1.165) is 5.56 Å². The lowest BCUT2D eigenvalue weighted by Crippen LogP contribution is -2.30. The predicted molar refractivity (Wildman–Crippen MR) is 65.4 cm³/mol. The number of benzene rings is 1. The Hall–Kier alpha value is -0.710. The lowest BCUT2D eigenvalue weighted by Gasteiger charge is -2.23. The summed E-state index contributed by atoms with van der Waals surface area (Å²) in [5.74, 6) is 0.543. The fourth-order valence-electron chi connectivity index (χ4n) is 1.74. The normalized spacial score (nSPS) is 20.5. The summed E-state index contributed by atoms with van der Waals surface area (Å²) in [5.41, 5.74) is 1.01. The van der Waals surface area contributed by atoms with Crippen LogP contribution in [0, 0.1) is 0 Å². The lowest BCUT2D eigenvalue weighted by molar-refractivity contribution is -0.128. The number of hydrogen-bond acceptors (Lipinski definition) is 3. The van der Waals surface area contributed by atoms with E-state index in [-0.39, 0.29) is 17.9 Å². The minimum atomic E-state index is -0.0154. The molecule has 1 heterocycles. The summed E-state index contributed by atoms with van der Waals surface area (Å²) in [6.07, 6.45) is 0. The van der Waals surface area contributed by atoms with Crippen molar-refractivity contribution in [2.75, 3.05) is 18.9 Å². The zero-order valence-electron chi connectivity index (χ0n) is 8.60. The van der Waals surface area contributed by atoms with E-state index in [1.807, 2.05) is 24.3 Å². The minimum absolute atomic E-state index is 0.0105. The molecule has 1 saturated heterocycles. The Morgan fingerprint density at radius 1 is 1.56 bits per heavy atom. The van der Waals surface area contributed by atoms with Gasteiger partial charge in [-0.3, -0.25) is 4.79 Å². The smallest absolute Gasteiger partial charge is 0.233 e. The molecule has 1 aromatic rings. The van der Waals surface area contributed by atoms with E-state index in [2.05, 4.69) is 0 Å². The number of carbonyl (C=O) groups is 1. The van der Waals surface area contributed by atoms with E-state index >= 15 is 0 Å². The molecule has 0 saturated carbocycles. The molecule has 16 heavy (non-hydrogen) atoms. The molecule has 0 spiro atoms. The maximum absolute atomic E-state index is 11.6. The van der Waals surface area contributed by atoms with Gasteiger partial charge in [0.05, 0.1) is 12.4 Å². The van der Waals surface area contributed by atoms with E-state index in [9.17, 15) is 4.79 Å². The number of aliphatic hydroxyl groups excluding tert-OH is 1. The van der Waals surface area contributed by atoms with Crippen molar-refractivity contribution in [1.82, 2.24) is 4.90 Å². The SMILES string of the molecule is O=C1CSC(c2cccc(Cl)c2)N1CCO. The zero-order valence-corrected chi connectivity index (χ0v) is 10.2. The average molecular weight is 258 g/mol. The van der Waals surface area contributed by atoms with Gasteiger partial charge in [0.1, 0.15) is 5.37 Å². The predicted octanol–water partition coefficient (Wildman–Crippen LogP) is 1.91. The molecule has 1 amide bonds. The van der Waals surface area contributed by atoms with Crippen molar-refractivity contribution >= 4 is 29.3 Å². The van der Waals surface area contributed by atoms with Gasteiger partial charge in [0, 0.05) is 11.6 Å². The second-order valence-corrected chi connectivity index (χ2v) is 5.03. The second-order valence-electron chi connectivity index (χ2n) is 3.53. The average Bonchev–Trinajstić information content (AvgIpc) is 2.61. The Balaban J connectivity index is 2.23. The lowest BCUT2D eigenvalue weighted by atomic mass is 10.2. The van der Waals surface area contributed by atoms with E-state index in [1.54, 1.807) is 16.7 Å². The standard InChI is InChI=1S/C11H12ClNO2S/c12-9-3-1-2-8(6-9)11-13(4-5-14)10(15)7-16-11/h1-3,6,11,14H,4-5,7H2. The van der Waals surface area contributed by atoms with Gasteiger partial charge in [-0.25, -0.2) is 0 Å². The molecule has 1 atom stereocenters. The molecule has 3 nitrogen and oxygen atoms in total.